The fourth-order valence-corrected chi connectivity index (χ4v) is 1.32. The quantitative estimate of drug-likeness (QED) is 0.315. The normalized spacial score (nSPS) is 15.0. The summed E-state index contributed by atoms with van der Waals surface area (Å²) in [6.45, 7) is 3.43. The molecule has 5 N–H and O–H groups in total. The lowest BCUT2D eigenvalue weighted by atomic mass is 10.1. The van der Waals surface area contributed by atoms with Crippen molar-refractivity contribution in [1.29, 1.82) is 0 Å². The fourth-order valence-electron chi connectivity index (χ4n) is 1.32. The zero-order chi connectivity index (χ0) is 15.7. The summed E-state index contributed by atoms with van der Waals surface area (Å²) >= 11 is 0. The van der Waals surface area contributed by atoms with E-state index in [-0.39, 0.29) is 6.61 Å². The van der Waals surface area contributed by atoms with Gasteiger partial charge in [0.2, 0.25) is 5.91 Å². The van der Waals surface area contributed by atoms with Crippen LogP contribution in [0, 0.1) is 0 Å². The van der Waals surface area contributed by atoms with Crippen LogP contribution in [0.2, 0.25) is 0 Å². The van der Waals surface area contributed by atoms with Crippen molar-refractivity contribution in [3.8, 4) is 0 Å². The van der Waals surface area contributed by atoms with E-state index in [9.17, 15) is 19.5 Å². The lowest BCUT2D eigenvalue weighted by molar-refractivity contribution is -0.151. The molecule has 0 fully saturated rings. The SMILES string of the molecule is CCCCOC(=O)[C@H](NC(=O)[C@@H](N)CC(=O)O)[C@@H](C)O. The van der Waals surface area contributed by atoms with Crippen LogP contribution in [0.3, 0.4) is 0 Å². The topological polar surface area (TPSA) is 139 Å². The molecule has 0 unspecified atom stereocenters. The van der Waals surface area contributed by atoms with Crippen LogP contribution in [0.5, 0.6) is 0 Å². The third-order valence-corrected chi connectivity index (χ3v) is 2.51. The molecule has 0 saturated heterocycles. The molecule has 0 saturated carbocycles. The zero-order valence-corrected chi connectivity index (χ0v) is 11.7. The molecule has 0 spiro atoms. The number of hydrogen-bond donors (Lipinski definition) is 4. The number of amides is 1. The molecular formula is C12H22N2O6. The number of unbranched alkanes of at least 4 members (excludes halogenated alkanes) is 1. The second-order valence-electron chi connectivity index (χ2n) is 4.45. The monoisotopic (exact) mass is 290 g/mol. The minimum Gasteiger partial charge on any atom is -0.481 e. The molecular weight excluding hydrogens is 268 g/mol. The zero-order valence-electron chi connectivity index (χ0n) is 11.7. The Bertz CT molecular complexity index is 345. The van der Waals surface area contributed by atoms with Gasteiger partial charge in [-0.05, 0) is 13.3 Å². The highest BCUT2D eigenvalue weighted by Gasteiger charge is 2.29. The summed E-state index contributed by atoms with van der Waals surface area (Å²) in [6.07, 6.45) is -0.235. The molecule has 0 radical (unpaired) electrons. The summed E-state index contributed by atoms with van der Waals surface area (Å²) in [5.74, 6) is -2.83. The van der Waals surface area contributed by atoms with Crippen LogP contribution in [-0.2, 0) is 19.1 Å². The number of carboxylic acid groups (broad SMARTS) is 1. The van der Waals surface area contributed by atoms with Crippen LogP contribution in [0.4, 0.5) is 0 Å². The number of carbonyl (C=O) groups excluding carboxylic acids is 2. The van der Waals surface area contributed by atoms with Crippen molar-refractivity contribution in [2.24, 2.45) is 5.73 Å². The van der Waals surface area contributed by atoms with Crippen molar-refractivity contribution in [2.45, 2.75) is 51.3 Å². The van der Waals surface area contributed by atoms with E-state index >= 15 is 0 Å². The highest BCUT2D eigenvalue weighted by molar-refractivity contribution is 5.90. The molecule has 0 aromatic carbocycles. The molecule has 0 aliphatic carbocycles. The predicted octanol–water partition coefficient (Wildman–Crippen LogP) is -1.00. The van der Waals surface area contributed by atoms with Gasteiger partial charge in [0.25, 0.3) is 0 Å². The number of aliphatic carboxylic acids is 1. The molecule has 20 heavy (non-hydrogen) atoms. The highest BCUT2D eigenvalue weighted by Crippen LogP contribution is 2.00. The van der Waals surface area contributed by atoms with Gasteiger partial charge in [-0.3, -0.25) is 9.59 Å². The first-order chi connectivity index (χ1) is 9.29. The Labute approximate surface area is 117 Å². The van der Waals surface area contributed by atoms with E-state index in [1.165, 1.54) is 6.92 Å². The maximum atomic E-state index is 11.7. The Morgan fingerprint density at radius 2 is 1.95 bits per heavy atom. The molecule has 0 bridgehead atoms. The number of aliphatic hydroxyl groups is 1. The highest BCUT2D eigenvalue weighted by atomic mass is 16.5. The van der Waals surface area contributed by atoms with Crippen LogP contribution in [0.15, 0.2) is 0 Å². The van der Waals surface area contributed by atoms with E-state index in [1.54, 1.807) is 0 Å². The van der Waals surface area contributed by atoms with Crippen molar-refractivity contribution in [3.05, 3.63) is 0 Å². The standard InChI is InChI=1S/C12H22N2O6/c1-3-4-5-20-12(19)10(7(2)15)14-11(18)8(13)6-9(16)17/h7-8,10,15H,3-6,13H2,1-2H3,(H,14,18)(H,16,17)/t7-,8+,10-/m1/s1. The average molecular weight is 290 g/mol. The van der Waals surface area contributed by atoms with E-state index in [1.807, 2.05) is 6.92 Å². The average Bonchev–Trinajstić information content (AvgIpc) is 2.34. The van der Waals surface area contributed by atoms with E-state index in [0.29, 0.717) is 6.42 Å². The Hall–Kier alpha value is -1.67. The van der Waals surface area contributed by atoms with E-state index in [0.717, 1.165) is 6.42 Å². The maximum absolute atomic E-state index is 11.7. The van der Waals surface area contributed by atoms with E-state index in [4.69, 9.17) is 15.6 Å². The summed E-state index contributed by atoms with van der Waals surface area (Å²) in [5, 5.41) is 20.2. The second-order valence-corrected chi connectivity index (χ2v) is 4.45. The molecule has 8 nitrogen and oxygen atoms in total. The number of carboxylic acids is 1. The number of esters is 1. The predicted molar refractivity (Wildman–Crippen MR) is 69.7 cm³/mol. The lowest BCUT2D eigenvalue weighted by Crippen LogP contribution is -2.53. The number of carbonyl (C=O) groups is 3. The van der Waals surface area contributed by atoms with Crippen LogP contribution in [0.1, 0.15) is 33.1 Å². The van der Waals surface area contributed by atoms with Crippen molar-refractivity contribution in [3.63, 3.8) is 0 Å². The van der Waals surface area contributed by atoms with Gasteiger partial charge in [-0.2, -0.15) is 0 Å². The summed E-state index contributed by atoms with van der Waals surface area (Å²) in [4.78, 5) is 33.7. The minimum absolute atomic E-state index is 0.190. The maximum Gasteiger partial charge on any atom is 0.331 e. The van der Waals surface area contributed by atoms with Crippen molar-refractivity contribution in [2.75, 3.05) is 6.61 Å². The molecule has 0 aliphatic heterocycles. The number of nitrogens with two attached hydrogens (primary N) is 1. The molecule has 1 amide bonds. The summed E-state index contributed by atoms with van der Waals surface area (Å²) < 4.78 is 4.90. The largest absolute Gasteiger partial charge is 0.481 e. The third kappa shape index (κ3) is 7.05. The number of nitrogens with one attached hydrogen (secondary N) is 1. The van der Waals surface area contributed by atoms with Crippen molar-refractivity contribution < 1.29 is 29.3 Å². The Balaban J connectivity index is 4.49. The van der Waals surface area contributed by atoms with Crippen LogP contribution < -0.4 is 11.1 Å². The molecule has 0 rings (SSSR count). The van der Waals surface area contributed by atoms with Gasteiger partial charge in [-0.1, -0.05) is 13.3 Å². The first kappa shape index (κ1) is 18.3. The van der Waals surface area contributed by atoms with Gasteiger partial charge >= 0.3 is 11.9 Å². The van der Waals surface area contributed by atoms with Crippen molar-refractivity contribution >= 4 is 17.8 Å². The Morgan fingerprint density at radius 3 is 2.40 bits per heavy atom. The molecule has 8 heteroatoms. The van der Waals surface area contributed by atoms with Crippen LogP contribution in [0.25, 0.3) is 0 Å². The third-order valence-electron chi connectivity index (χ3n) is 2.51. The number of rotatable bonds is 9. The van der Waals surface area contributed by atoms with Crippen LogP contribution in [-0.4, -0.2) is 52.9 Å². The van der Waals surface area contributed by atoms with Gasteiger partial charge in [0.1, 0.15) is 0 Å². The van der Waals surface area contributed by atoms with Gasteiger partial charge in [0, 0.05) is 0 Å². The molecule has 3 atom stereocenters. The molecule has 0 aromatic rings. The summed E-state index contributed by atoms with van der Waals surface area (Å²) in [6, 6.07) is -2.56. The minimum atomic E-state index is -1.29. The molecule has 0 heterocycles. The van der Waals surface area contributed by atoms with Gasteiger partial charge in [0.15, 0.2) is 6.04 Å². The van der Waals surface area contributed by atoms with Gasteiger partial charge in [0.05, 0.1) is 25.2 Å². The summed E-state index contributed by atoms with van der Waals surface area (Å²) in [7, 11) is 0. The molecule has 0 aliphatic rings. The number of aliphatic hydroxyl groups excluding tert-OH is 1. The van der Waals surface area contributed by atoms with E-state index < -0.39 is 42.5 Å². The fraction of sp³-hybridized carbons (Fsp3) is 0.750. The number of ether oxygens (including phenoxy) is 1. The van der Waals surface area contributed by atoms with Gasteiger partial charge in [-0.15, -0.1) is 0 Å². The van der Waals surface area contributed by atoms with Gasteiger partial charge < -0.3 is 26.0 Å². The Kier molecular flexibility index (Phi) is 8.49. The lowest BCUT2D eigenvalue weighted by Gasteiger charge is -2.21. The molecule has 116 valence electrons. The van der Waals surface area contributed by atoms with Crippen LogP contribution >= 0.6 is 0 Å². The first-order valence-electron chi connectivity index (χ1n) is 6.42. The number of hydrogen-bond acceptors (Lipinski definition) is 6. The van der Waals surface area contributed by atoms with Crippen molar-refractivity contribution in [1.82, 2.24) is 5.32 Å². The molecule has 0 aromatic heterocycles. The Morgan fingerprint density at radius 1 is 1.35 bits per heavy atom. The van der Waals surface area contributed by atoms with E-state index in [2.05, 4.69) is 5.32 Å². The van der Waals surface area contributed by atoms with Gasteiger partial charge in [-0.25, -0.2) is 4.79 Å². The smallest absolute Gasteiger partial charge is 0.331 e. The second kappa shape index (κ2) is 9.27. The first-order valence-corrected chi connectivity index (χ1v) is 6.42. The summed E-state index contributed by atoms with van der Waals surface area (Å²) in [5.41, 5.74) is 5.36.